The zero-order valence-electron chi connectivity index (χ0n) is 12.1. The highest BCUT2D eigenvalue weighted by Crippen LogP contribution is 2.50. The van der Waals surface area contributed by atoms with Crippen LogP contribution in [0.1, 0.15) is 52.9 Å². The lowest BCUT2D eigenvalue weighted by molar-refractivity contribution is -0.113. The molecule has 2 rings (SSSR count). The molecular weight excluding hydrogens is 240 g/mol. The zero-order valence-corrected chi connectivity index (χ0v) is 12.1. The van der Waals surface area contributed by atoms with E-state index in [4.69, 9.17) is 0 Å². The first-order chi connectivity index (χ1) is 8.86. The van der Waals surface area contributed by atoms with Crippen molar-refractivity contribution in [1.82, 2.24) is 0 Å². The van der Waals surface area contributed by atoms with Crippen LogP contribution in [0.5, 0.6) is 0 Å². The minimum Gasteiger partial charge on any atom is -0.393 e. The maximum absolute atomic E-state index is 12.4. The Morgan fingerprint density at radius 2 is 2.21 bits per heavy atom. The summed E-state index contributed by atoms with van der Waals surface area (Å²) in [6.45, 7) is 5.66. The highest BCUT2D eigenvalue weighted by molar-refractivity contribution is 6.09. The van der Waals surface area contributed by atoms with Gasteiger partial charge in [-0.15, -0.1) is 0 Å². The van der Waals surface area contributed by atoms with Gasteiger partial charge in [-0.3, -0.25) is 4.79 Å². The van der Waals surface area contributed by atoms with Crippen molar-refractivity contribution in [3.8, 4) is 0 Å². The molecule has 0 heterocycles. The molecule has 0 aromatic rings. The molecule has 0 aromatic carbocycles. The van der Waals surface area contributed by atoms with Crippen molar-refractivity contribution in [2.45, 2.75) is 65.1 Å². The van der Waals surface area contributed by atoms with Gasteiger partial charge in [0.1, 0.15) is 0 Å². The maximum Gasteiger partial charge on any atom is 0.184 e. The van der Waals surface area contributed by atoms with Gasteiger partial charge in [0, 0.05) is 5.41 Å². The van der Waals surface area contributed by atoms with Gasteiger partial charge in [0.05, 0.1) is 12.2 Å². The Morgan fingerprint density at radius 3 is 2.84 bits per heavy atom. The minimum atomic E-state index is -0.435. The van der Waals surface area contributed by atoms with E-state index in [-0.39, 0.29) is 17.3 Å². The van der Waals surface area contributed by atoms with Gasteiger partial charge in [-0.2, -0.15) is 0 Å². The summed E-state index contributed by atoms with van der Waals surface area (Å²) in [7, 11) is 0. The second-order valence-electron chi connectivity index (χ2n) is 6.25. The van der Waals surface area contributed by atoms with Crippen molar-refractivity contribution in [2.75, 3.05) is 0 Å². The Bertz CT molecular complexity index is 445. The molecule has 1 fully saturated rings. The number of carbonyl (C=O) groups excluding carboxylic acids is 1. The third-order valence-corrected chi connectivity index (χ3v) is 4.68. The summed E-state index contributed by atoms with van der Waals surface area (Å²) in [5.41, 5.74) is 2.42. The monoisotopic (exact) mass is 264 g/mol. The number of carbonyl (C=O) groups is 1. The highest BCUT2D eigenvalue weighted by atomic mass is 16.3. The third-order valence-electron chi connectivity index (χ3n) is 4.68. The molecule has 2 aliphatic rings. The number of rotatable bonds is 2. The summed E-state index contributed by atoms with van der Waals surface area (Å²) < 4.78 is 0. The molecule has 0 aromatic heterocycles. The molecule has 0 radical (unpaired) electrons. The molecule has 3 atom stereocenters. The molecule has 2 N–H and O–H groups in total. The largest absolute Gasteiger partial charge is 0.393 e. The molecule has 0 spiro atoms. The predicted molar refractivity (Wildman–Crippen MR) is 74.7 cm³/mol. The van der Waals surface area contributed by atoms with Crippen LogP contribution in [-0.2, 0) is 4.79 Å². The number of allylic oxidation sites excluding steroid dienone is 2. The summed E-state index contributed by atoms with van der Waals surface area (Å²) in [5.74, 6) is 0.0993. The van der Waals surface area contributed by atoms with E-state index in [1.165, 1.54) is 0 Å². The van der Waals surface area contributed by atoms with E-state index < -0.39 is 6.10 Å². The second-order valence-corrected chi connectivity index (χ2v) is 6.25. The van der Waals surface area contributed by atoms with Crippen LogP contribution in [0.2, 0.25) is 0 Å². The molecule has 1 saturated carbocycles. The molecule has 106 valence electrons. The molecule has 0 unspecified atom stereocenters. The normalized spacial score (nSPS) is 35.5. The highest BCUT2D eigenvalue weighted by Gasteiger charge is 2.45. The van der Waals surface area contributed by atoms with Gasteiger partial charge in [-0.05, 0) is 57.1 Å². The first kappa shape index (κ1) is 14.5. The zero-order chi connectivity index (χ0) is 14.2. The molecule has 0 saturated heterocycles. The van der Waals surface area contributed by atoms with E-state index in [0.29, 0.717) is 12.8 Å². The van der Waals surface area contributed by atoms with Crippen LogP contribution in [0.15, 0.2) is 22.8 Å². The van der Waals surface area contributed by atoms with Crippen molar-refractivity contribution in [1.29, 1.82) is 0 Å². The molecule has 0 bridgehead atoms. The number of aliphatic hydroxyl groups is 2. The molecule has 2 aliphatic carbocycles. The van der Waals surface area contributed by atoms with Gasteiger partial charge in [0.2, 0.25) is 0 Å². The van der Waals surface area contributed by atoms with Crippen molar-refractivity contribution < 1.29 is 15.0 Å². The fraction of sp³-hybridized carbons (Fsp3) is 0.688. The van der Waals surface area contributed by atoms with E-state index in [2.05, 4.69) is 6.92 Å². The number of Topliss-reactive ketones (excluding diaryl/α,β-unsaturated/α-hetero) is 1. The molecule has 3 heteroatoms. The van der Waals surface area contributed by atoms with Gasteiger partial charge in [0.15, 0.2) is 5.78 Å². The van der Waals surface area contributed by atoms with Gasteiger partial charge < -0.3 is 10.2 Å². The Hall–Kier alpha value is -0.930. The first-order valence-corrected chi connectivity index (χ1v) is 7.16. The third kappa shape index (κ3) is 2.54. The van der Waals surface area contributed by atoms with Crippen LogP contribution in [-0.4, -0.2) is 28.2 Å². The van der Waals surface area contributed by atoms with Crippen molar-refractivity contribution in [3.63, 3.8) is 0 Å². The smallest absolute Gasteiger partial charge is 0.184 e. The van der Waals surface area contributed by atoms with Crippen LogP contribution in [0, 0.1) is 5.41 Å². The van der Waals surface area contributed by atoms with E-state index in [9.17, 15) is 15.0 Å². The van der Waals surface area contributed by atoms with E-state index in [0.717, 1.165) is 36.0 Å². The average molecular weight is 264 g/mol. The quantitative estimate of drug-likeness (QED) is 0.753. The topological polar surface area (TPSA) is 57.5 Å². The molecule has 3 nitrogen and oxygen atoms in total. The fourth-order valence-electron chi connectivity index (χ4n) is 3.45. The Kier molecular flexibility index (Phi) is 3.98. The standard InChI is InChI=1S/C16H24O3/c1-10(17)7-8-12-9-16(3)13(11(2)15(12)19)5-4-6-14(16)18/h8,10,14,17-18H,4-7,9H2,1-3H3/t10-,14+,16+/m1/s1. The Labute approximate surface area is 115 Å². The SMILES string of the molecule is CC1=C2CCC[C@H](O)[C@@]2(C)CC(=CC[C@@H](C)O)C1=O. The van der Waals surface area contributed by atoms with Crippen LogP contribution in [0.3, 0.4) is 0 Å². The molecule has 0 amide bonds. The average Bonchev–Trinajstić information content (AvgIpc) is 2.35. The maximum atomic E-state index is 12.4. The van der Waals surface area contributed by atoms with Crippen LogP contribution in [0.25, 0.3) is 0 Å². The number of hydrogen-bond donors (Lipinski definition) is 2. The van der Waals surface area contributed by atoms with Crippen LogP contribution < -0.4 is 0 Å². The summed E-state index contributed by atoms with van der Waals surface area (Å²) in [6, 6.07) is 0. The molecule has 0 aliphatic heterocycles. The first-order valence-electron chi connectivity index (χ1n) is 7.16. The number of ketones is 1. The summed E-state index contributed by atoms with van der Waals surface area (Å²) >= 11 is 0. The summed E-state index contributed by atoms with van der Waals surface area (Å²) in [6.07, 6.45) is 4.84. The lowest BCUT2D eigenvalue weighted by Crippen LogP contribution is -2.42. The van der Waals surface area contributed by atoms with Gasteiger partial charge in [-0.1, -0.05) is 18.6 Å². The van der Waals surface area contributed by atoms with Crippen molar-refractivity contribution in [2.24, 2.45) is 5.41 Å². The van der Waals surface area contributed by atoms with E-state index in [1.54, 1.807) is 6.92 Å². The van der Waals surface area contributed by atoms with E-state index >= 15 is 0 Å². The second kappa shape index (κ2) is 5.22. The van der Waals surface area contributed by atoms with Crippen LogP contribution >= 0.6 is 0 Å². The van der Waals surface area contributed by atoms with E-state index in [1.807, 2.05) is 13.0 Å². The fourth-order valence-corrected chi connectivity index (χ4v) is 3.45. The number of hydrogen-bond acceptors (Lipinski definition) is 3. The van der Waals surface area contributed by atoms with Crippen LogP contribution in [0.4, 0.5) is 0 Å². The van der Waals surface area contributed by atoms with Gasteiger partial charge >= 0.3 is 0 Å². The van der Waals surface area contributed by atoms with Crippen molar-refractivity contribution in [3.05, 3.63) is 22.8 Å². The van der Waals surface area contributed by atoms with Gasteiger partial charge in [0.25, 0.3) is 0 Å². The molecular formula is C16H24O3. The lowest BCUT2D eigenvalue weighted by Gasteiger charge is -2.45. The number of aliphatic hydroxyl groups excluding tert-OH is 2. The Morgan fingerprint density at radius 1 is 1.53 bits per heavy atom. The number of fused-ring (bicyclic) bond motifs is 1. The summed E-state index contributed by atoms with van der Waals surface area (Å²) in [5, 5.41) is 19.7. The van der Waals surface area contributed by atoms with Crippen molar-refractivity contribution >= 4 is 5.78 Å². The Balaban J connectivity index is 2.38. The lowest BCUT2D eigenvalue weighted by atomic mass is 9.61. The summed E-state index contributed by atoms with van der Waals surface area (Å²) in [4.78, 5) is 12.4. The molecule has 19 heavy (non-hydrogen) atoms. The minimum absolute atomic E-state index is 0.0993. The van der Waals surface area contributed by atoms with Gasteiger partial charge in [-0.25, -0.2) is 0 Å². The predicted octanol–water partition coefficient (Wildman–Crippen LogP) is 2.52.